The van der Waals surface area contributed by atoms with Crippen molar-refractivity contribution in [1.29, 1.82) is 0 Å². The molecule has 0 radical (unpaired) electrons. The second kappa shape index (κ2) is 8.64. The van der Waals surface area contributed by atoms with Crippen LogP contribution in [0.2, 0.25) is 0 Å². The van der Waals surface area contributed by atoms with Crippen LogP contribution in [0.1, 0.15) is 35.3 Å². The van der Waals surface area contributed by atoms with Crippen molar-refractivity contribution in [2.45, 2.75) is 19.4 Å². The highest BCUT2D eigenvalue weighted by molar-refractivity contribution is 9.10. The fourth-order valence-corrected chi connectivity index (χ4v) is 3.15. The molecule has 0 aliphatic carbocycles. The molecule has 2 rings (SSSR count). The third kappa shape index (κ3) is 4.45. The second-order valence-corrected chi connectivity index (χ2v) is 6.25. The minimum atomic E-state index is -0.445. The number of ketones is 1. The Kier molecular flexibility index (Phi) is 6.55. The van der Waals surface area contributed by atoms with Gasteiger partial charge in [0.15, 0.2) is 5.78 Å². The maximum absolute atomic E-state index is 12.3. The Balaban J connectivity index is 2.13. The molecule has 0 bridgehead atoms. The largest absolute Gasteiger partial charge is 0.453 e. The topological polar surface area (TPSA) is 46.6 Å². The zero-order chi connectivity index (χ0) is 17.5. The van der Waals surface area contributed by atoms with Crippen LogP contribution in [0.15, 0.2) is 59.1 Å². The molecule has 0 aromatic heterocycles. The number of rotatable bonds is 6. The van der Waals surface area contributed by atoms with E-state index in [1.165, 1.54) is 7.11 Å². The molecule has 2 aromatic rings. The molecule has 0 aliphatic rings. The summed E-state index contributed by atoms with van der Waals surface area (Å²) < 4.78 is 5.81. The molecule has 5 heteroatoms. The molecule has 2 aromatic carbocycles. The summed E-state index contributed by atoms with van der Waals surface area (Å²) in [6.07, 6.45) is -0.201. The lowest BCUT2D eigenvalue weighted by molar-refractivity contribution is 0.0911. The van der Waals surface area contributed by atoms with Crippen LogP contribution in [0, 0.1) is 0 Å². The number of ether oxygens (including phenoxy) is 1. The van der Waals surface area contributed by atoms with Crippen LogP contribution in [0.4, 0.5) is 4.79 Å². The molecule has 1 unspecified atom stereocenters. The maximum Gasteiger partial charge on any atom is 0.409 e. The molecule has 0 aliphatic heterocycles. The summed E-state index contributed by atoms with van der Waals surface area (Å²) in [5.41, 5.74) is 1.62. The Labute approximate surface area is 150 Å². The van der Waals surface area contributed by atoms with Gasteiger partial charge in [0.2, 0.25) is 0 Å². The lowest BCUT2D eigenvalue weighted by Gasteiger charge is -2.28. The van der Waals surface area contributed by atoms with Crippen LogP contribution in [0.25, 0.3) is 0 Å². The van der Waals surface area contributed by atoms with Gasteiger partial charge in [-0.25, -0.2) is 4.79 Å². The van der Waals surface area contributed by atoms with Crippen molar-refractivity contribution in [1.82, 2.24) is 4.90 Å². The van der Waals surface area contributed by atoms with Gasteiger partial charge in [0.1, 0.15) is 0 Å². The highest BCUT2D eigenvalue weighted by Gasteiger charge is 2.24. The number of hydrogen-bond acceptors (Lipinski definition) is 3. The molecule has 126 valence electrons. The van der Waals surface area contributed by atoms with E-state index in [0.717, 1.165) is 10.0 Å². The highest BCUT2D eigenvalue weighted by atomic mass is 79.9. The number of Topliss-reactive ketones (excluding diaryl/α,β-unsaturated/α-hetero) is 1. The summed E-state index contributed by atoms with van der Waals surface area (Å²) in [5, 5.41) is 0. The average molecular weight is 390 g/mol. The SMILES string of the molecule is COC(=O)N(CCC(=O)c1ccccc1)C(C)c1ccccc1Br. The van der Waals surface area contributed by atoms with Gasteiger partial charge in [-0.05, 0) is 18.6 Å². The summed E-state index contributed by atoms with van der Waals surface area (Å²) >= 11 is 3.51. The molecule has 0 heterocycles. The zero-order valence-corrected chi connectivity index (χ0v) is 15.3. The smallest absolute Gasteiger partial charge is 0.409 e. The number of carbonyl (C=O) groups is 2. The van der Waals surface area contributed by atoms with E-state index < -0.39 is 6.09 Å². The van der Waals surface area contributed by atoms with Crippen molar-refractivity contribution < 1.29 is 14.3 Å². The number of carbonyl (C=O) groups excluding carboxylic acids is 2. The van der Waals surface area contributed by atoms with Gasteiger partial charge in [-0.1, -0.05) is 64.5 Å². The number of halogens is 1. The minimum Gasteiger partial charge on any atom is -0.453 e. The third-order valence-corrected chi connectivity index (χ3v) is 4.63. The zero-order valence-electron chi connectivity index (χ0n) is 13.7. The Morgan fingerprint density at radius 2 is 1.71 bits per heavy atom. The summed E-state index contributed by atoms with van der Waals surface area (Å²) in [7, 11) is 1.35. The number of amides is 1. The van der Waals surface area contributed by atoms with E-state index in [2.05, 4.69) is 15.9 Å². The van der Waals surface area contributed by atoms with Gasteiger partial charge in [-0.3, -0.25) is 4.79 Å². The molecular weight excluding hydrogens is 370 g/mol. The molecule has 0 saturated heterocycles. The Hall–Kier alpha value is -2.14. The van der Waals surface area contributed by atoms with Gasteiger partial charge in [-0.2, -0.15) is 0 Å². The summed E-state index contributed by atoms with van der Waals surface area (Å²) in [4.78, 5) is 26.0. The van der Waals surface area contributed by atoms with Crippen LogP contribution in [-0.4, -0.2) is 30.4 Å². The van der Waals surface area contributed by atoms with E-state index in [1.54, 1.807) is 17.0 Å². The molecule has 4 nitrogen and oxygen atoms in total. The standard InChI is InChI=1S/C19H20BrNO3/c1-14(16-10-6-7-11-17(16)20)21(19(23)24-2)13-12-18(22)15-8-4-3-5-9-15/h3-11,14H,12-13H2,1-2H3. The summed E-state index contributed by atoms with van der Waals surface area (Å²) in [6, 6.07) is 16.6. The average Bonchev–Trinajstić information content (AvgIpc) is 2.62. The molecule has 1 amide bonds. The van der Waals surface area contributed by atoms with Crippen molar-refractivity contribution in [2.75, 3.05) is 13.7 Å². The first-order valence-electron chi connectivity index (χ1n) is 7.72. The Morgan fingerprint density at radius 1 is 1.08 bits per heavy atom. The van der Waals surface area contributed by atoms with Gasteiger partial charge in [0.25, 0.3) is 0 Å². The van der Waals surface area contributed by atoms with E-state index in [9.17, 15) is 9.59 Å². The first-order valence-corrected chi connectivity index (χ1v) is 8.51. The van der Waals surface area contributed by atoms with Gasteiger partial charge in [-0.15, -0.1) is 0 Å². The quantitative estimate of drug-likeness (QED) is 0.663. The number of nitrogens with zero attached hydrogens (tertiary/aromatic N) is 1. The monoisotopic (exact) mass is 389 g/mol. The van der Waals surface area contributed by atoms with Crippen LogP contribution in [0.5, 0.6) is 0 Å². The lowest BCUT2D eigenvalue weighted by Crippen LogP contribution is -2.35. The van der Waals surface area contributed by atoms with Gasteiger partial charge < -0.3 is 9.64 Å². The highest BCUT2D eigenvalue weighted by Crippen LogP contribution is 2.28. The van der Waals surface area contributed by atoms with Crippen molar-refractivity contribution in [3.8, 4) is 0 Å². The predicted molar refractivity (Wildman–Crippen MR) is 97.1 cm³/mol. The van der Waals surface area contributed by atoms with E-state index >= 15 is 0 Å². The Morgan fingerprint density at radius 3 is 2.33 bits per heavy atom. The van der Waals surface area contributed by atoms with Gasteiger partial charge in [0.05, 0.1) is 13.2 Å². The van der Waals surface area contributed by atoms with Crippen molar-refractivity contribution in [2.24, 2.45) is 0 Å². The van der Waals surface area contributed by atoms with Crippen molar-refractivity contribution in [3.05, 3.63) is 70.2 Å². The molecular formula is C19H20BrNO3. The van der Waals surface area contributed by atoms with Crippen molar-refractivity contribution in [3.63, 3.8) is 0 Å². The normalized spacial score (nSPS) is 11.6. The number of benzene rings is 2. The van der Waals surface area contributed by atoms with E-state index in [4.69, 9.17) is 4.74 Å². The number of hydrogen-bond donors (Lipinski definition) is 0. The van der Waals surface area contributed by atoms with E-state index in [1.807, 2.05) is 49.4 Å². The van der Waals surface area contributed by atoms with Crippen molar-refractivity contribution >= 4 is 27.8 Å². The minimum absolute atomic E-state index is 0.00355. The molecule has 24 heavy (non-hydrogen) atoms. The first kappa shape index (κ1) is 18.2. The third-order valence-electron chi connectivity index (χ3n) is 3.91. The van der Waals surface area contributed by atoms with Crippen LogP contribution in [-0.2, 0) is 4.74 Å². The van der Waals surface area contributed by atoms with Crippen LogP contribution < -0.4 is 0 Å². The molecule has 1 atom stereocenters. The van der Waals surface area contributed by atoms with Crippen LogP contribution in [0.3, 0.4) is 0 Å². The van der Waals surface area contributed by atoms with Crippen LogP contribution >= 0.6 is 15.9 Å². The maximum atomic E-state index is 12.3. The van der Waals surface area contributed by atoms with Gasteiger partial charge in [0, 0.05) is 23.0 Å². The Bertz CT molecular complexity index is 703. The molecule has 0 fully saturated rings. The first-order chi connectivity index (χ1) is 11.5. The second-order valence-electron chi connectivity index (χ2n) is 5.40. The van der Waals surface area contributed by atoms with Gasteiger partial charge >= 0.3 is 6.09 Å². The van der Waals surface area contributed by atoms with E-state index in [0.29, 0.717) is 12.1 Å². The number of methoxy groups -OCH3 is 1. The molecule has 0 saturated carbocycles. The summed E-state index contributed by atoms with van der Waals surface area (Å²) in [6.45, 7) is 2.22. The lowest BCUT2D eigenvalue weighted by atomic mass is 10.1. The molecule has 0 spiro atoms. The predicted octanol–water partition coefficient (Wildman–Crippen LogP) is 4.85. The van der Waals surface area contributed by atoms with E-state index in [-0.39, 0.29) is 18.2 Å². The molecule has 0 N–H and O–H groups in total. The fourth-order valence-electron chi connectivity index (χ4n) is 2.53. The fraction of sp³-hybridized carbons (Fsp3) is 0.263. The summed E-state index contributed by atoms with van der Waals surface area (Å²) in [5.74, 6) is 0.00355.